The molecule has 3 nitrogen and oxygen atoms in total. The van der Waals surface area contributed by atoms with Crippen LogP contribution in [0.1, 0.15) is 20.8 Å². The van der Waals surface area contributed by atoms with Crippen LogP contribution in [0.15, 0.2) is 0 Å². The Morgan fingerprint density at radius 3 is 2.09 bits per heavy atom. The Morgan fingerprint density at radius 1 is 1.27 bits per heavy atom. The molecule has 2 N–H and O–H groups in total. The first kappa shape index (κ1) is 10.9. The Kier molecular flexibility index (Phi) is 6.51. The van der Waals surface area contributed by atoms with E-state index in [1.807, 2.05) is 6.92 Å². The van der Waals surface area contributed by atoms with E-state index in [1.54, 1.807) is 0 Å². The molecule has 68 valence electrons. The van der Waals surface area contributed by atoms with Crippen LogP contribution in [0.4, 0.5) is 0 Å². The molecule has 0 radical (unpaired) electrons. The second-order valence-electron chi connectivity index (χ2n) is 2.48. The van der Waals surface area contributed by atoms with Crippen LogP contribution in [0.5, 0.6) is 0 Å². The minimum absolute atomic E-state index is 0.134. The molecule has 0 saturated carbocycles. The van der Waals surface area contributed by atoms with Gasteiger partial charge in [0.1, 0.15) is 0 Å². The van der Waals surface area contributed by atoms with Gasteiger partial charge in [0.25, 0.3) is 0 Å². The van der Waals surface area contributed by atoms with Gasteiger partial charge in [-0.25, -0.2) is 0 Å². The van der Waals surface area contributed by atoms with Gasteiger partial charge in [0.05, 0.1) is 12.8 Å². The highest BCUT2D eigenvalue weighted by molar-refractivity contribution is 4.64. The normalized spacial score (nSPS) is 13.9. The molecule has 0 aromatic rings. The maximum Gasteiger partial charge on any atom is 0.0835 e. The summed E-state index contributed by atoms with van der Waals surface area (Å²) in [6, 6.07) is 0. The van der Waals surface area contributed by atoms with Crippen molar-refractivity contribution in [3.8, 4) is 0 Å². The van der Waals surface area contributed by atoms with Crippen LogP contribution in [-0.4, -0.2) is 42.4 Å². The van der Waals surface area contributed by atoms with Crippen molar-refractivity contribution in [2.75, 3.05) is 26.2 Å². The number of hydrogen-bond acceptors (Lipinski definition) is 3. The Labute approximate surface area is 69.4 Å². The lowest BCUT2D eigenvalue weighted by Gasteiger charge is -2.28. The van der Waals surface area contributed by atoms with Crippen LogP contribution in [-0.2, 0) is 0 Å². The molecule has 0 fully saturated rings. The van der Waals surface area contributed by atoms with E-state index in [2.05, 4.69) is 24.1 Å². The predicted molar refractivity (Wildman–Crippen MR) is 47.5 cm³/mol. The van der Waals surface area contributed by atoms with E-state index >= 15 is 0 Å². The number of rotatable bonds is 6. The highest BCUT2D eigenvalue weighted by Gasteiger charge is 2.11. The van der Waals surface area contributed by atoms with Gasteiger partial charge in [0, 0.05) is 0 Å². The van der Waals surface area contributed by atoms with E-state index in [0.29, 0.717) is 0 Å². The SMILES string of the molecule is CCNC(CO)N(CC)CC. The number of aliphatic hydroxyl groups is 1. The van der Waals surface area contributed by atoms with Gasteiger partial charge >= 0.3 is 0 Å². The van der Waals surface area contributed by atoms with Gasteiger partial charge in [-0.3, -0.25) is 4.90 Å². The molecule has 0 rings (SSSR count). The molecule has 0 aromatic heterocycles. The fourth-order valence-electron chi connectivity index (χ4n) is 1.21. The van der Waals surface area contributed by atoms with Crippen molar-refractivity contribution in [1.29, 1.82) is 0 Å². The fourth-order valence-corrected chi connectivity index (χ4v) is 1.21. The molecule has 0 saturated heterocycles. The lowest BCUT2D eigenvalue weighted by molar-refractivity contribution is 0.109. The highest BCUT2D eigenvalue weighted by Crippen LogP contribution is 1.93. The van der Waals surface area contributed by atoms with Gasteiger partial charge in [-0.15, -0.1) is 0 Å². The summed E-state index contributed by atoms with van der Waals surface area (Å²) in [5.74, 6) is 0. The van der Waals surface area contributed by atoms with E-state index in [9.17, 15) is 0 Å². The summed E-state index contributed by atoms with van der Waals surface area (Å²) in [7, 11) is 0. The third kappa shape index (κ3) is 3.70. The minimum Gasteiger partial charge on any atom is -0.393 e. The second-order valence-corrected chi connectivity index (χ2v) is 2.48. The van der Waals surface area contributed by atoms with Crippen molar-refractivity contribution in [3.05, 3.63) is 0 Å². The van der Waals surface area contributed by atoms with Crippen LogP contribution in [0, 0.1) is 0 Å². The van der Waals surface area contributed by atoms with E-state index in [4.69, 9.17) is 5.11 Å². The molecule has 0 bridgehead atoms. The summed E-state index contributed by atoms with van der Waals surface area (Å²) in [6.45, 7) is 9.31. The van der Waals surface area contributed by atoms with Crippen LogP contribution in [0.2, 0.25) is 0 Å². The first-order valence-corrected chi connectivity index (χ1v) is 4.38. The summed E-state index contributed by atoms with van der Waals surface area (Å²) < 4.78 is 0. The van der Waals surface area contributed by atoms with E-state index in [0.717, 1.165) is 19.6 Å². The lowest BCUT2D eigenvalue weighted by Crippen LogP contribution is -2.47. The molecule has 0 aromatic carbocycles. The van der Waals surface area contributed by atoms with Gasteiger partial charge in [-0.05, 0) is 19.6 Å². The minimum atomic E-state index is 0.134. The number of aliphatic hydroxyl groups excluding tert-OH is 1. The average Bonchev–Trinajstić information content (AvgIpc) is 2.05. The maximum absolute atomic E-state index is 8.99. The van der Waals surface area contributed by atoms with Crippen molar-refractivity contribution in [2.45, 2.75) is 26.9 Å². The van der Waals surface area contributed by atoms with Crippen LogP contribution < -0.4 is 5.32 Å². The zero-order valence-electron chi connectivity index (χ0n) is 7.80. The highest BCUT2D eigenvalue weighted by atomic mass is 16.3. The molecule has 0 aliphatic heterocycles. The molecule has 1 atom stereocenters. The smallest absolute Gasteiger partial charge is 0.0835 e. The van der Waals surface area contributed by atoms with Crippen LogP contribution >= 0.6 is 0 Å². The molecule has 0 heterocycles. The Balaban J connectivity index is 3.76. The van der Waals surface area contributed by atoms with Gasteiger partial charge in [0.15, 0.2) is 0 Å². The standard InChI is InChI=1S/C8H20N2O/c1-4-9-8(7-11)10(5-2)6-3/h8-9,11H,4-7H2,1-3H3. The molecular formula is C8H20N2O. The average molecular weight is 160 g/mol. The Morgan fingerprint density at radius 2 is 1.82 bits per heavy atom. The van der Waals surface area contributed by atoms with Crippen molar-refractivity contribution in [1.82, 2.24) is 10.2 Å². The van der Waals surface area contributed by atoms with Crippen molar-refractivity contribution >= 4 is 0 Å². The quantitative estimate of drug-likeness (QED) is 0.547. The zero-order valence-corrected chi connectivity index (χ0v) is 7.80. The number of hydrogen-bond donors (Lipinski definition) is 2. The van der Waals surface area contributed by atoms with E-state index < -0.39 is 0 Å². The second kappa shape index (κ2) is 6.58. The molecule has 1 unspecified atom stereocenters. The topological polar surface area (TPSA) is 35.5 Å². The van der Waals surface area contributed by atoms with Crippen molar-refractivity contribution in [2.24, 2.45) is 0 Å². The van der Waals surface area contributed by atoms with Gasteiger partial charge in [0.2, 0.25) is 0 Å². The lowest BCUT2D eigenvalue weighted by atomic mass is 10.4. The molecule has 3 heteroatoms. The van der Waals surface area contributed by atoms with Gasteiger partial charge in [-0.2, -0.15) is 0 Å². The van der Waals surface area contributed by atoms with Crippen molar-refractivity contribution in [3.63, 3.8) is 0 Å². The molecule has 11 heavy (non-hydrogen) atoms. The summed E-state index contributed by atoms with van der Waals surface area (Å²) in [4.78, 5) is 2.20. The first-order valence-electron chi connectivity index (χ1n) is 4.38. The molecular weight excluding hydrogens is 140 g/mol. The molecule has 0 aliphatic carbocycles. The van der Waals surface area contributed by atoms with Gasteiger partial charge < -0.3 is 10.4 Å². The summed E-state index contributed by atoms with van der Waals surface area (Å²) in [5.41, 5.74) is 0. The molecule has 0 amide bonds. The third-order valence-corrected chi connectivity index (χ3v) is 1.87. The number of likely N-dealkylation sites (N-methyl/N-ethyl adjacent to an activating group) is 2. The predicted octanol–water partition coefficient (Wildman–Crippen LogP) is 0.256. The summed E-state index contributed by atoms with van der Waals surface area (Å²) >= 11 is 0. The number of nitrogens with zero attached hydrogens (tertiary/aromatic N) is 1. The van der Waals surface area contributed by atoms with Crippen LogP contribution in [0.25, 0.3) is 0 Å². The summed E-state index contributed by atoms with van der Waals surface area (Å²) in [6.07, 6.45) is 0.134. The molecule has 0 spiro atoms. The zero-order chi connectivity index (χ0) is 8.69. The van der Waals surface area contributed by atoms with E-state index in [1.165, 1.54) is 0 Å². The monoisotopic (exact) mass is 160 g/mol. The summed E-state index contributed by atoms with van der Waals surface area (Å²) in [5, 5.41) is 12.2. The maximum atomic E-state index is 8.99. The third-order valence-electron chi connectivity index (χ3n) is 1.87. The first-order chi connectivity index (χ1) is 5.29. The van der Waals surface area contributed by atoms with E-state index in [-0.39, 0.29) is 12.8 Å². The number of nitrogens with one attached hydrogen (secondary N) is 1. The Hall–Kier alpha value is -0.120. The largest absolute Gasteiger partial charge is 0.393 e. The van der Waals surface area contributed by atoms with Crippen molar-refractivity contribution < 1.29 is 5.11 Å². The Bertz CT molecular complexity index is 84.2. The van der Waals surface area contributed by atoms with Crippen LogP contribution in [0.3, 0.4) is 0 Å². The molecule has 0 aliphatic rings. The fraction of sp³-hybridized carbons (Fsp3) is 1.00. The van der Waals surface area contributed by atoms with Gasteiger partial charge in [-0.1, -0.05) is 20.8 Å².